The van der Waals surface area contributed by atoms with E-state index in [0.717, 1.165) is 36.3 Å². The molecule has 1 amide bonds. The molecule has 2 aromatic rings. The molecule has 1 aliphatic heterocycles. The molecule has 3 rings (SSSR count). The van der Waals surface area contributed by atoms with Crippen molar-refractivity contribution in [2.45, 2.75) is 13.3 Å². The van der Waals surface area contributed by atoms with E-state index in [2.05, 4.69) is 12.1 Å². The van der Waals surface area contributed by atoms with Gasteiger partial charge in [0, 0.05) is 6.54 Å². The van der Waals surface area contributed by atoms with Gasteiger partial charge in [0.15, 0.2) is 0 Å². The fourth-order valence-electron chi connectivity index (χ4n) is 2.61. The highest BCUT2D eigenvalue weighted by atomic mass is 16.1. The number of anilines is 2. The van der Waals surface area contributed by atoms with Crippen LogP contribution in [0, 0.1) is 6.92 Å². The predicted molar refractivity (Wildman–Crippen MR) is 77.2 cm³/mol. The summed E-state index contributed by atoms with van der Waals surface area (Å²) < 4.78 is 0. The van der Waals surface area contributed by atoms with Crippen LogP contribution in [0.15, 0.2) is 48.5 Å². The Kier molecular flexibility index (Phi) is 2.95. The van der Waals surface area contributed by atoms with E-state index in [0.29, 0.717) is 0 Å². The van der Waals surface area contributed by atoms with Gasteiger partial charge in [0.25, 0.3) is 0 Å². The summed E-state index contributed by atoms with van der Waals surface area (Å²) in [5.41, 5.74) is 4.45. The monoisotopic (exact) mass is 252 g/mol. The maximum Gasteiger partial charge on any atom is 0.233 e. The third-order valence-electron chi connectivity index (χ3n) is 3.58. The molecule has 0 atom stereocenters. The molecule has 0 fully saturated rings. The zero-order valence-electron chi connectivity index (χ0n) is 10.9. The van der Waals surface area contributed by atoms with Crippen LogP contribution >= 0.6 is 0 Å². The fraction of sp³-hybridized carbons (Fsp3) is 0.188. The Hall–Kier alpha value is -2.29. The van der Waals surface area contributed by atoms with Crippen LogP contribution in [0.1, 0.15) is 11.1 Å². The molecule has 0 bridgehead atoms. The lowest BCUT2D eigenvalue weighted by atomic mass is 10.2. The van der Waals surface area contributed by atoms with Crippen molar-refractivity contribution >= 4 is 17.8 Å². The first kappa shape index (κ1) is 11.8. The van der Waals surface area contributed by atoms with Gasteiger partial charge < -0.3 is 0 Å². The molecule has 3 nitrogen and oxygen atoms in total. The van der Waals surface area contributed by atoms with E-state index in [1.165, 1.54) is 5.56 Å². The third kappa shape index (κ3) is 1.97. The lowest BCUT2D eigenvalue weighted by molar-refractivity contribution is -0.107. The second-order valence-electron chi connectivity index (χ2n) is 4.74. The van der Waals surface area contributed by atoms with Gasteiger partial charge in [-0.3, -0.25) is 9.80 Å². The average molecular weight is 252 g/mol. The average Bonchev–Trinajstić information content (AvgIpc) is 2.86. The number of hydrazine groups is 1. The standard InChI is InChI=1S/C16H16N2O/c1-13-6-2-4-8-15(13)18(12-19)17-11-10-14-7-3-5-9-16(14)17/h2-9,12H,10-11H2,1H3. The molecule has 0 saturated heterocycles. The topological polar surface area (TPSA) is 23.6 Å². The zero-order valence-corrected chi connectivity index (χ0v) is 10.9. The van der Waals surface area contributed by atoms with E-state index in [-0.39, 0.29) is 0 Å². The predicted octanol–water partition coefficient (Wildman–Crippen LogP) is 2.94. The normalized spacial score (nSPS) is 13.2. The largest absolute Gasteiger partial charge is 0.278 e. The molecular weight excluding hydrogens is 236 g/mol. The molecule has 0 radical (unpaired) electrons. The van der Waals surface area contributed by atoms with Crippen LogP contribution in [-0.2, 0) is 11.2 Å². The molecule has 1 heterocycles. The van der Waals surface area contributed by atoms with Crippen LogP contribution in [-0.4, -0.2) is 13.0 Å². The van der Waals surface area contributed by atoms with Gasteiger partial charge in [-0.2, -0.15) is 0 Å². The van der Waals surface area contributed by atoms with Gasteiger partial charge in [-0.05, 0) is 36.6 Å². The number of hydrogen-bond donors (Lipinski definition) is 0. The summed E-state index contributed by atoms with van der Waals surface area (Å²) >= 11 is 0. The maximum absolute atomic E-state index is 11.5. The minimum atomic E-state index is 0.840. The molecule has 3 heteroatoms. The summed E-state index contributed by atoms with van der Waals surface area (Å²) in [6.07, 6.45) is 1.87. The Labute approximate surface area is 113 Å². The molecule has 0 aliphatic carbocycles. The van der Waals surface area contributed by atoms with Crippen molar-refractivity contribution in [1.82, 2.24) is 0 Å². The summed E-state index contributed by atoms with van der Waals surface area (Å²) in [5, 5.41) is 3.76. The number of aryl methyl sites for hydroxylation is 1. The maximum atomic E-state index is 11.5. The second-order valence-corrected chi connectivity index (χ2v) is 4.74. The van der Waals surface area contributed by atoms with E-state index in [4.69, 9.17) is 0 Å². The molecule has 0 N–H and O–H groups in total. The molecular formula is C16H16N2O. The lowest BCUT2D eigenvalue weighted by Gasteiger charge is -2.31. The van der Waals surface area contributed by atoms with Crippen molar-refractivity contribution in [3.8, 4) is 0 Å². The Morgan fingerprint density at radius 3 is 2.63 bits per heavy atom. The Bertz CT molecular complexity index is 609. The van der Waals surface area contributed by atoms with Gasteiger partial charge in [0.2, 0.25) is 6.41 Å². The molecule has 1 aliphatic rings. The van der Waals surface area contributed by atoms with Gasteiger partial charge in [0.1, 0.15) is 0 Å². The molecule has 96 valence electrons. The van der Waals surface area contributed by atoms with Crippen molar-refractivity contribution in [2.75, 3.05) is 16.6 Å². The van der Waals surface area contributed by atoms with E-state index < -0.39 is 0 Å². The molecule has 0 aromatic heterocycles. The Morgan fingerprint density at radius 2 is 1.84 bits per heavy atom. The van der Waals surface area contributed by atoms with Gasteiger partial charge in [0.05, 0.1) is 11.4 Å². The van der Waals surface area contributed by atoms with Crippen LogP contribution < -0.4 is 10.0 Å². The van der Waals surface area contributed by atoms with Gasteiger partial charge in [-0.1, -0.05) is 36.4 Å². The summed E-state index contributed by atoms with van der Waals surface area (Å²) in [7, 11) is 0. The van der Waals surface area contributed by atoms with Gasteiger partial charge in [-0.15, -0.1) is 0 Å². The summed E-state index contributed by atoms with van der Waals surface area (Å²) in [4.78, 5) is 11.5. The fourth-order valence-corrected chi connectivity index (χ4v) is 2.61. The minimum absolute atomic E-state index is 0.840. The SMILES string of the molecule is Cc1ccccc1N(C=O)N1CCc2ccccc21. The minimum Gasteiger partial charge on any atom is -0.278 e. The van der Waals surface area contributed by atoms with Crippen LogP contribution in [0.2, 0.25) is 0 Å². The first-order valence-corrected chi connectivity index (χ1v) is 6.47. The number of hydrogen-bond acceptors (Lipinski definition) is 2. The van der Waals surface area contributed by atoms with Gasteiger partial charge >= 0.3 is 0 Å². The number of carbonyl (C=O) groups excluding carboxylic acids is 1. The van der Waals surface area contributed by atoms with Crippen molar-refractivity contribution in [1.29, 1.82) is 0 Å². The first-order valence-electron chi connectivity index (χ1n) is 6.47. The van der Waals surface area contributed by atoms with Crippen LogP contribution in [0.3, 0.4) is 0 Å². The summed E-state index contributed by atoms with van der Waals surface area (Å²) in [5.74, 6) is 0. The van der Waals surface area contributed by atoms with Crippen molar-refractivity contribution in [2.24, 2.45) is 0 Å². The van der Waals surface area contributed by atoms with Crippen molar-refractivity contribution in [3.63, 3.8) is 0 Å². The molecule has 0 unspecified atom stereocenters. The van der Waals surface area contributed by atoms with E-state index in [1.54, 1.807) is 5.01 Å². The zero-order chi connectivity index (χ0) is 13.2. The first-order chi connectivity index (χ1) is 9.31. The number of carbonyl (C=O) groups is 1. The van der Waals surface area contributed by atoms with Gasteiger partial charge in [-0.25, -0.2) is 5.01 Å². The quantitative estimate of drug-likeness (QED) is 0.784. The van der Waals surface area contributed by atoms with E-state index in [9.17, 15) is 4.79 Å². The third-order valence-corrected chi connectivity index (χ3v) is 3.58. The summed E-state index contributed by atoms with van der Waals surface area (Å²) in [6.45, 7) is 2.86. The van der Waals surface area contributed by atoms with Crippen LogP contribution in [0.5, 0.6) is 0 Å². The van der Waals surface area contributed by atoms with Crippen LogP contribution in [0.4, 0.5) is 11.4 Å². The highest BCUT2D eigenvalue weighted by Gasteiger charge is 2.24. The molecule has 0 saturated carbocycles. The second kappa shape index (κ2) is 4.76. The number of para-hydroxylation sites is 2. The molecule has 0 spiro atoms. The summed E-state index contributed by atoms with van der Waals surface area (Å²) in [6, 6.07) is 16.2. The smallest absolute Gasteiger partial charge is 0.233 e. The lowest BCUT2D eigenvalue weighted by Crippen LogP contribution is -2.41. The number of amides is 1. The molecule has 19 heavy (non-hydrogen) atoms. The van der Waals surface area contributed by atoms with E-state index in [1.807, 2.05) is 48.3 Å². The Balaban J connectivity index is 2.02. The number of nitrogens with zero attached hydrogens (tertiary/aromatic N) is 2. The number of rotatable bonds is 3. The van der Waals surface area contributed by atoms with Crippen LogP contribution in [0.25, 0.3) is 0 Å². The Morgan fingerprint density at radius 1 is 1.11 bits per heavy atom. The number of benzene rings is 2. The number of fused-ring (bicyclic) bond motifs is 1. The van der Waals surface area contributed by atoms with E-state index >= 15 is 0 Å². The highest BCUT2D eigenvalue weighted by molar-refractivity contribution is 5.82. The van der Waals surface area contributed by atoms with Crippen molar-refractivity contribution < 1.29 is 4.79 Å². The highest BCUT2D eigenvalue weighted by Crippen LogP contribution is 2.31. The van der Waals surface area contributed by atoms with Crippen molar-refractivity contribution in [3.05, 3.63) is 59.7 Å². The molecule has 2 aromatic carbocycles.